The fraction of sp³-hybridized carbons (Fsp3) is 1.00. The van der Waals surface area contributed by atoms with Crippen LogP contribution in [0.25, 0.3) is 0 Å². The summed E-state index contributed by atoms with van der Waals surface area (Å²) in [5, 5.41) is 4.61. The summed E-state index contributed by atoms with van der Waals surface area (Å²) in [6.07, 6.45) is 13.1. The molecule has 2 fully saturated rings. The molecule has 0 radical (unpaired) electrons. The van der Waals surface area contributed by atoms with E-state index >= 15 is 0 Å². The maximum Gasteiger partial charge on any atom is 0.0371 e. The summed E-state index contributed by atoms with van der Waals surface area (Å²) >= 11 is 0. The molecule has 0 aliphatic carbocycles. The van der Waals surface area contributed by atoms with E-state index in [1.165, 1.54) is 64.2 Å². The van der Waals surface area contributed by atoms with Crippen molar-refractivity contribution >= 4 is 0 Å². The van der Waals surface area contributed by atoms with Gasteiger partial charge in [0.15, 0.2) is 0 Å². The molecule has 0 bridgehead atoms. The van der Waals surface area contributed by atoms with Crippen molar-refractivity contribution in [2.45, 2.75) is 90.1 Å². The highest BCUT2D eigenvalue weighted by atomic mass is 16.8. The molecular weight excluding hydrogens is 236 g/mol. The first-order valence-electron chi connectivity index (χ1n) is 8.56. The zero-order valence-corrected chi connectivity index (χ0v) is 12.9. The maximum absolute atomic E-state index is 6.33. The summed E-state index contributed by atoms with van der Waals surface area (Å²) in [6, 6.07) is 1.31. The molecule has 0 aromatic carbocycles. The summed E-state index contributed by atoms with van der Waals surface area (Å²) in [5.41, 5.74) is 0. The second-order valence-corrected chi connectivity index (χ2v) is 6.24. The first-order valence-corrected chi connectivity index (χ1v) is 8.56. The Kier molecular flexibility index (Phi) is 6.62. The van der Waals surface area contributed by atoms with Crippen molar-refractivity contribution in [2.24, 2.45) is 0 Å². The summed E-state index contributed by atoms with van der Waals surface area (Å²) in [6.45, 7) is 6.82. The number of hydrogen-bond donors (Lipinski definition) is 0. The lowest BCUT2D eigenvalue weighted by Crippen LogP contribution is -2.49. The Morgan fingerprint density at radius 1 is 0.789 bits per heavy atom. The van der Waals surface area contributed by atoms with Gasteiger partial charge in [0.2, 0.25) is 0 Å². The van der Waals surface area contributed by atoms with Crippen molar-refractivity contribution in [1.29, 1.82) is 0 Å². The first-order chi connectivity index (χ1) is 9.35. The van der Waals surface area contributed by atoms with Gasteiger partial charge in [-0.05, 0) is 38.5 Å². The average Bonchev–Trinajstić information content (AvgIpc) is 2.44. The van der Waals surface area contributed by atoms with Gasteiger partial charge in [0.1, 0.15) is 0 Å². The Morgan fingerprint density at radius 2 is 1.26 bits per heavy atom. The topological polar surface area (TPSA) is 15.7 Å². The number of rotatable bonds is 6. The van der Waals surface area contributed by atoms with Gasteiger partial charge >= 0.3 is 0 Å². The molecule has 0 aromatic rings. The maximum atomic E-state index is 6.33. The molecule has 0 N–H and O–H groups in total. The van der Waals surface area contributed by atoms with Gasteiger partial charge in [0, 0.05) is 25.2 Å². The quantitative estimate of drug-likeness (QED) is 0.720. The van der Waals surface area contributed by atoms with E-state index in [0.29, 0.717) is 12.1 Å². The minimum atomic E-state index is 0.656. The van der Waals surface area contributed by atoms with Gasteiger partial charge in [-0.3, -0.25) is 0 Å². The first kappa shape index (κ1) is 15.3. The standard InChI is InChI=1S/C16H32N2O/c1-3-9-15-11-5-7-13-17(15)19-18-14-8-6-12-16(18)10-4-2/h15-16H,3-14H2,1-2H3. The van der Waals surface area contributed by atoms with Gasteiger partial charge in [-0.25, -0.2) is 4.94 Å². The van der Waals surface area contributed by atoms with Gasteiger partial charge in [-0.2, -0.15) is 10.1 Å². The Morgan fingerprint density at radius 3 is 1.68 bits per heavy atom. The molecule has 2 rings (SSSR count). The van der Waals surface area contributed by atoms with Crippen LogP contribution in [0.1, 0.15) is 78.1 Å². The van der Waals surface area contributed by atoms with E-state index in [9.17, 15) is 0 Å². The fourth-order valence-electron chi connectivity index (χ4n) is 3.54. The second kappa shape index (κ2) is 8.23. The molecule has 2 aliphatic rings. The van der Waals surface area contributed by atoms with Crippen LogP contribution < -0.4 is 0 Å². The number of piperidine rings is 2. The van der Waals surface area contributed by atoms with Crippen molar-refractivity contribution in [1.82, 2.24) is 10.1 Å². The molecule has 2 saturated heterocycles. The summed E-state index contributed by atoms with van der Waals surface area (Å²) in [5.74, 6) is 0. The number of nitrogens with zero attached hydrogens (tertiary/aromatic N) is 2. The lowest BCUT2D eigenvalue weighted by atomic mass is 10.00. The van der Waals surface area contributed by atoms with Crippen molar-refractivity contribution in [3.63, 3.8) is 0 Å². The van der Waals surface area contributed by atoms with Crippen LogP contribution in [-0.4, -0.2) is 35.3 Å². The molecule has 3 heteroatoms. The largest absolute Gasteiger partial charge is 0.208 e. The molecule has 0 amide bonds. The Labute approximate surface area is 119 Å². The number of hydrogen-bond acceptors (Lipinski definition) is 3. The summed E-state index contributed by atoms with van der Waals surface area (Å²) in [7, 11) is 0. The molecule has 2 unspecified atom stereocenters. The molecule has 112 valence electrons. The SMILES string of the molecule is CCCC1CCCCN1ON1CCCCC1CCC. The van der Waals surface area contributed by atoms with Gasteiger partial charge in [-0.15, -0.1) is 0 Å². The summed E-state index contributed by atoms with van der Waals surface area (Å²) in [4.78, 5) is 6.33. The Balaban J connectivity index is 1.88. The molecule has 0 saturated carbocycles. The van der Waals surface area contributed by atoms with Crippen molar-refractivity contribution in [3.8, 4) is 0 Å². The molecule has 2 heterocycles. The van der Waals surface area contributed by atoms with E-state index in [4.69, 9.17) is 4.94 Å². The van der Waals surface area contributed by atoms with Gasteiger partial charge in [0.25, 0.3) is 0 Å². The third-order valence-corrected chi connectivity index (χ3v) is 4.60. The van der Waals surface area contributed by atoms with E-state index in [1.54, 1.807) is 0 Å². The highest BCUT2D eigenvalue weighted by Gasteiger charge is 2.29. The van der Waals surface area contributed by atoms with Crippen molar-refractivity contribution in [2.75, 3.05) is 13.1 Å². The molecule has 0 aromatic heterocycles. The monoisotopic (exact) mass is 268 g/mol. The third kappa shape index (κ3) is 4.44. The Bertz CT molecular complexity index is 219. The minimum absolute atomic E-state index is 0.656. The van der Waals surface area contributed by atoms with Crippen molar-refractivity contribution in [3.05, 3.63) is 0 Å². The van der Waals surface area contributed by atoms with Crippen LogP contribution in [0.4, 0.5) is 0 Å². The van der Waals surface area contributed by atoms with E-state index in [0.717, 1.165) is 13.1 Å². The van der Waals surface area contributed by atoms with Crippen LogP contribution in [0.3, 0.4) is 0 Å². The lowest BCUT2D eigenvalue weighted by molar-refractivity contribution is -0.364. The van der Waals surface area contributed by atoms with Crippen LogP contribution in [0.2, 0.25) is 0 Å². The van der Waals surface area contributed by atoms with Gasteiger partial charge < -0.3 is 0 Å². The molecule has 0 spiro atoms. The Hall–Kier alpha value is -0.120. The third-order valence-electron chi connectivity index (χ3n) is 4.60. The fourth-order valence-corrected chi connectivity index (χ4v) is 3.54. The van der Waals surface area contributed by atoms with Crippen LogP contribution in [0.15, 0.2) is 0 Å². The van der Waals surface area contributed by atoms with E-state index in [-0.39, 0.29) is 0 Å². The number of hydroxylamine groups is 4. The zero-order chi connectivity index (χ0) is 13.5. The van der Waals surface area contributed by atoms with E-state index in [2.05, 4.69) is 24.0 Å². The molecule has 19 heavy (non-hydrogen) atoms. The highest BCUT2D eigenvalue weighted by Crippen LogP contribution is 2.26. The molecule has 2 atom stereocenters. The zero-order valence-electron chi connectivity index (χ0n) is 12.9. The van der Waals surface area contributed by atoms with Crippen LogP contribution in [0, 0.1) is 0 Å². The second-order valence-electron chi connectivity index (χ2n) is 6.24. The van der Waals surface area contributed by atoms with Crippen LogP contribution in [-0.2, 0) is 4.94 Å². The van der Waals surface area contributed by atoms with Crippen LogP contribution >= 0.6 is 0 Å². The molecule has 2 aliphatic heterocycles. The average molecular weight is 268 g/mol. The van der Waals surface area contributed by atoms with E-state index in [1.807, 2.05) is 0 Å². The smallest absolute Gasteiger partial charge is 0.0371 e. The predicted molar refractivity (Wildman–Crippen MR) is 79.6 cm³/mol. The summed E-state index contributed by atoms with van der Waals surface area (Å²) < 4.78 is 0. The van der Waals surface area contributed by atoms with Gasteiger partial charge in [0.05, 0.1) is 0 Å². The minimum Gasteiger partial charge on any atom is -0.208 e. The van der Waals surface area contributed by atoms with Crippen molar-refractivity contribution < 1.29 is 4.94 Å². The van der Waals surface area contributed by atoms with Gasteiger partial charge in [-0.1, -0.05) is 39.5 Å². The van der Waals surface area contributed by atoms with E-state index < -0.39 is 0 Å². The molecular formula is C16H32N2O. The van der Waals surface area contributed by atoms with Crippen LogP contribution in [0.5, 0.6) is 0 Å². The highest BCUT2D eigenvalue weighted by molar-refractivity contribution is 4.74. The lowest BCUT2D eigenvalue weighted by Gasteiger charge is -2.41. The normalized spacial score (nSPS) is 30.6. The molecule has 3 nitrogen and oxygen atoms in total. The predicted octanol–water partition coefficient (Wildman–Crippen LogP) is 4.14.